The summed E-state index contributed by atoms with van der Waals surface area (Å²) >= 11 is 0. The molecule has 0 atom stereocenters. The van der Waals surface area contributed by atoms with Crippen LogP contribution in [0.25, 0.3) is 0 Å². The first-order valence-corrected chi connectivity index (χ1v) is 7.97. The Bertz CT molecular complexity index is 588. The Morgan fingerprint density at radius 3 is 2.67 bits per heavy atom. The zero-order valence-corrected chi connectivity index (χ0v) is 12.5. The molecule has 0 aliphatic carbocycles. The largest absolute Gasteiger partial charge is 0.478 e. The number of hydrogen-bond acceptors (Lipinski definition) is 4. The van der Waals surface area contributed by atoms with Crippen LogP contribution in [-0.4, -0.2) is 39.3 Å². The number of carboxylic acid groups (broad SMARTS) is 1. The van der Waals surface area contributed by atoms with E-state index in [0.29, 0.717) is 12.7 Å². The number of halogens is 1. The predicted octanol–water partition coefficient (Wildman–Crippen LogP) is 1.62. The average molecular weight is 319 g/mol. The van der Waals surface area contributed by atoms with Gasteiger partial charge in [0.15, 0.2) is 0 Å². The number of ether oxygens (including phenoxy) is 1. The number of carboxylic acids is 1. The number of hydrogen-bond donors (Lipinski definition) is 2. The van der Waals surface area contributed by atoms with Crippen molar-refractivity contribution in [3.05, 3.63) is 29.6 Å². The van der Waals surface area contributed by atoms with E-state index in [4.69, 9.17) is 9.84 Å². The molecule has 2 N–H and O–H groups in total. The van der Waals surface area contributed by atoms with Gasteiger partial charge >= 0.3 is 5.97 Å². The predicted molar refractivity (Wildman–Crippen MR) is 74.3 cm³/mol. The summed E-state index contributed by atoms with van der Waals surface area (Å²) in [5, 5.41) is 8.70. The van der Waals surface area contributed by atoms with Crippen molar-refractivity contribution < 1.29 is 27.4 Å². The fraction of sp³-hybridized carbons (Fsp3) is 0.462. The third kappa shape index (κ3) is 5.41. The van der Waals surface area contributed by atoms with Crippen molar-refractivity contribution >= 4 is 16.0 Å². The third-order valence-corrected chi connectivity index (χ3v) is 4.14. The van der Waals surface area contributed by atoms with Crippen LogP contribution in [0.3, 0.4) is 0 Å². The second-order valence-electron chi connectivity index (χ2n) is 4.31. The van der Waals surface area contributed by atoms with Gasteiger partial charge in [0.2, 0.25) is 10.0 Å². The zero-order chi connectivity index (χ0) is 15.9. The molecule has 0 aliphatic rings. The summed E-state index contributed by atoms with van der Waals surface area (Å²) in [4.78, 5) is 10.1. The van der Waals surface area contributed by atoms with Crippen molar-refractivity contribution in [2.24, 2.45) is 0 Å². The lowest BCUT2D eigenvalue weighted by molar-refractivity contribution is 0.0696. The van der Waals surface area contributed by atoms with Crippen molar-refractivity contribution in [1.82, 2.24) is 4.72 Å². The van der Waals surface area contributed by atoms with Gasteiger partial charge in [0.25, 0.3) is 0 Å². The van der Waals surface area contributed by atoms with E-state index in [1.54, 1.807) is 0 Å². The van der Waals surface area contributed by atoms with Crippen LogP contribution in [-0.2, 0) is 14.8 Å². The van der Waals surface area contributed by atoms with E-state index in [1.807, 2.05) is 6.92 Å². The van der Waals surface area contributed by atoms with Crippen molar-refractivity contribution in [1.29, 1.82) is 0 Å². The molecule has 1 aromatic rings. The highest BCUT2D eigenvalue weighted by Gasteiger charge is 2.19. The first kappa shape index (κ1) is 17.5. The van der Waals surface area contributed by atoms with Gasteiger partial charge in [0.05, 0.1) is 12.2 Å². The van der Waals surface area contributed by atoms with Gasteiger partial charge < -0.3 is 9.84 Å². The molecule has 0 radical (unpaired) electrons. The maximum absolute atomic E-state index is 13.7. The van der Waals surface area contributed by atoms with Gasteiger partial charge in [-0.05, 0) is 24.6 Å². The Labute approximate surface area is 123 Å². The van der Waals surface area contributed by atoms with E-state index >= 15 is 0 Å². The van der Waals surface area contributed by atoms with Crippen LogP contribution in [0.15, 0.2) is 23.1 Å². The summed E-state index contributed by atoms with van der Waals surface area (Å²) in [6.45, 7) is 2.76. The number of benzene rings is 1. The normalized spacial score (nSPS) is 11.5. The molecule has 21 heavy (non-hydrogen) atoms. The van der Waals surface area contributed by atoms with E-state index in [2.05, 4.69) is 4.72 Å². The number of aromatic carboxylic acids is 1. The minimum absolute atomic E-state index is 0.0200. The first-order valence-electron chi connectivity index (χ1n) is 6.48. The highest BCUT2D eigenvalue weighted by molar-refractivity contribution is 7.89. The van der Waals surface area contributed by atoms with Gasteiger partial charge in [0.1, 0.15) is 10.7 Å². The molecule has 0 aliphatic heterocycles. The molecule has 0 heterocycles. The van der Waals surface area contributed by atoms with Gasteiger partial charge in [0, 0.05) is 13.2 Å². The molecule has 0 aromatic heterocycles. The summed E-state index contributed by atoms with van der Waals surface area (Å²) in [6, 6.07) is 2.64. The Kier molecular flexibility index (Phi) is 6.73. The minimum Gasteiger partial charge on any atom is -0.478 e. The van der Waals surface area contributed by atoms with Crippen LogP contribution < -0.4 is 4.72 Å². The van der Waals surface area contributed by atoms with E-state index in [0.717, 1.165) is 25.0 Å². The van der Waals surface area contributed by atoms with E-state index < -0.39 is 26.7 Å². The highest BCUT2D eigenvalue weighted by Crippen LogP contribution is 2.15. The van der Waals surface area contributed by atoms with E-state index in [1.165, 1.54) is 0 Å². The summed E-state index contributed by atoms with van der Waals surface area (Å²) < 4.78 is 44.8. The maximum Gasteiger partial charge on any atom is 0.335 e. The molecule has 1 rings (SSSR count). The molecule has 118 valence electrons. The monoisotopic (exact) mass is 319 g/mol. The fourth-order valence-electron chi connectivity index (χ4n) is 1.53. The van der Waals surface area contributed by atoms with Crippen molar-refractivity contribution in [2.75, 3.05) is 19.8 Å². The molecular weight excluding hydrogens is 301 g/mol. The maximum atomic E-state index is 13.7. The summed E-state index contributed by atoms with van der Waals surface area (Å²) in [5.41, 5.74) is -0.311. The summed E-state index contributed by atoms with van der Waals surface area (Å²) in [7, 11) is -4.02. The fourth-order valence-corrected chi connectivity index (χ4v) is 2.60. The smallest absolute Gasteiger partial charge is 0.335 e. The number of nitrogens with one attached hydrogen (secondary N) is 1. The number of sulfonamides is 1. The topological polar surface area (TPSA) is 92.7 Å². The number of carbonyl (C=O) groups is 1. The molecule has 6 nitrogen and oxygen atoms in total. The second-order valence-corrected chi connectivity index (χ2v) is 6.05. The Morgan fingerprint density at radius 1 is 1.38 bits per heavy atom. The molecule has 0 spiro atoms. The van der Waals surface area contributed by atoms with Crippen LogP contribution in [0.2, 0.25) is 0 Å². The van der Waals surface area contributed by atoms with Gasteiger partial charge in [-0.3, -0.25) is 0 Å². The first-order chi connectivity index (χ1) is 9.88. The molecule has 0 amide bonds. The molecule has 0 unspecified atom stereocenters. The van der Waals surface area contributed by atoms with Gasteiger partial charge in [-0.15, -0.1) is 0 Å². The Balaban J connectivity index is 2.64. The molecule has 0 saturated carbocycles. The standard InChI is InChI=1S/C13H18FNO5S/c1-2-3-7-20-8-6-15-21(18,19)12-5-4-10(13(16)17)9-11(12)14/h4-5,9,15H,2-3,6-8H2,1H3,(H,16,17). The minimum atomic E-state index is -4.02. The van der Waals surface area contributed by atoms with Crippen LogP contribution in [0, 0.1) is 5.82 Å². The van der Waals surface area contributed by atoms with Crippen molar-refractivity contribution in [3.63, 3.8) is 0 Å². The van der Waals surface area contributed by atoms with Crippen LogP contribution >= 0.6 is 0 Å². The van der Waals surface area contributed by atoms with E-state index in [9.17, 15) is 17.6 Å². The molecular formula is C13H18FNO5S. The molecule has 0 saturated heterocycles. The average Bonchev–Trinajstić information content (AvgIpc) is 2.42. The van der Waals surface area contributed by atoms with Crippen LogP contribution in [0.5, 0.6) is 0 Å². The lowest BCUT2D eigenvalue weighted by Gasteiger charge is -2.08. The molecule has 8 heteroatoms. The van der Waals surface area contributed by atoms with Gasteiger partial charge in [-0.1, -0.05) is 13.3 Å². The third-order valence-electron chi connectivity index (χ3n) is 2.65. The van der Waals surface area contributed by atoms with Crippen molar-refractivity contribution in [3.8, 4) is 0 Å². The highest BCUT2D eigenvalue weighted by atomic mass is 32.2. The lowest BCUT2D eigenvalue weighted by Crippen LogP contribution is -2.28. The quantitative estimate of drug-likeness (QED) is 0.675. The Morgan fingerprint density at radius 2 is 2.10 bits per heavy atom. The number of rotatable bonds is 9. The second kappa shape index (κ2) is 8.06. The molecule has 1 aromatic carbocycles. The van der Waals surface area contributed by atoms with Gasteiger partial charge in [-0.2, -0.15) is 0 Å². The Hall–Kier alpha value is -1.51. The van der Waals surface area contributed by atoms with E-state index in [-0.39, 0.29) is 18.7 Å². The van der Waals surface area contributed by atoms with Crippen LogP contribution in [0.4, 0.5) is 4.39 Å². The van der Waals surface area contributed by atoms with Crippen molar-refractivity contribution in [2.45, 2.75) is 24.7 Å². The lowest BCUT2D eigenvalue weighted by atomic mass is 10.2. The summed E-state index contributed by atoms with van der Waals surface area (Å²) in [6.07, 6.45) is 1.87. The zero-order valence-electron chi connectivity index (χ0n) is 11.6. The molecule has 0 bridgehead atoms. The SMILES string of the molecule is CCCCOCCNS(=O)(=O)c1ccc(C(=O)O)cc1F. The molecule has 0 fully saturated rings. The summed E-state index contributed by atoms with van der Waals surface area (Å²) in [5.74, 6) is -2.43. The number of unbranched alkanes of at least 4 members (excludes halogenated alkanes) is 1. The van der Waals surface area contributed by atoms with Crippen LogP contribution in [0.1, 0.15) is 30.1 Å². The van der Waals surface area contributed by atoms with Gasteiger partial charge in [-0.25, -0.2) is 22.3 Å².